The maximum atomic E-state index is 15.1. The van der Waals surface area contributed by atoms with Crippen molar-refractivity contribution in [2.75, 3.05) is 52.2 Å². The highest BCUT2D eigenvalue weighted by Crippen LogP contribution is 2.35. The van der Waals surface area contributed by atoms with Gasteiger partial charge in [-0.25, -0.2) is 8.78 Å². The van der Waals surface area contributed by atoms with E-state index in [0.717, 1.165) is 52.1 Å². The lowest BCUT2D eigenvalue weighted by molar-refractivity contribution is -0.138. The van der Waals surface area contributed by atoms with Gasteiger partial charge in [0.25, 0.3) is 11.1 Å². The van der Waals surface area contributed by atoms with Crippen LogP contribution < -0.4 is 11.1 Å². The Morgan fingerprint density at radius 2 is 0.989 bits per heavy atom. The molecule has 22 heteroatoms. The summed E-state index contributed by atoms with van der Waals surface area (Å²) < 4.78 is 358. The number of likely N-dealkylation sites (N-methyl/N-ethyl adjacent to an activating group) is 2. The quantitative estimate of drug-likeness (QED) is 0.0295. The Bertz CT molecular complexity index is 5480. The van der Waals surface area contributed by atoms with Crippen LogP contribution in [0.2, 0.25) is 0 Å². The lowest BCUT2D eigenvalue weighted by Crippen LogP contribution is -2.40. The third-order valence-corrected chi connectivity index (χ3v) is 16.3. The number of thioether (sulfide) groups is 2. The summed E-state index contributed by atoms with van der Waals surface area (Å²) in [6.45, 7) is -15.3. The molecular weight excluding hydrogens is 1270 g/mol. The number of alkyl halides is 6. The van der Waals surface area contributed by atoms with Gasteiger partial charge in [0.1, 0.15) is 24.6 Å². The van der Waals surface area contributed by atoms with Gasteiger partial charge in [0.15, 0.2) is 10.3 Å². The van der Waals surface area contributed by atoms with Crippen molar-refractivity contribution in [3.05, 3.63) is 234 Å². The Morgan fingerprint density at radius 3 is 1.51 bits per heavy atom. The Labute approximate surface area is 598 Å². The minimum Gasteiger partial charge on any atom is -0.336 e. The molecule has 502 valence electrons. The van der Waals surface area contributed by atoms with Crippen LogP contribution in [0.3, 0.4) is 0 Å². The van der Waals surface area contributed by atoms with E-state index in [2.05, 4.69) is 9.97 Å². The van der Waals surface area contributed by atoms with Gasteiger partial charge in [-0.1, -0.05) is 155 Å². The lowest BCUT2D eigenvalue weighted by atomic mass is 10.0. The Morgan fingerprint density at radius 1 is 0.537 bits per heavy atom. The van der Waals surface area contributed by atoms with Crippen LogP contribution in [0.25, 0.3) is 22.3 Å². The molecule has 0 bridgehead atoms. The van der Waals surface area contributed by atoms with Gasteiger partial charge in [0.2, 0.25) is 11.8 Å². The third-order valence-electron chi connectivity index (χ3n) is 14.4. The number of carbonyl (C=O) groups is 2. The fourth-order valence-corrected chi connectivity index (χ4v) is 11.2. The topological polar surface area (TPSA) is 117 Å². The van der Waals surface area contributed by atoms with E-state index < -0.39 is 252 Å². The van der Waals surface area contributed by atoms with Gasteiger partial charge in [-0.3, -0.25) is 19.2 Å². The molecule has 0 fully saturated rings. The predicted octanol–water partition coefficient (Wildman–Crippen LogP) is 14.7. The molecule has 1 unspecified atom stereocenters. The Hall–Kier alpha value is -7.92. The molecule has 95 heavy (non-hydrogen) atoms. The molecule has 12 nitrogen and oxygen atoms in total. The number of aromatic nitrogens is 4. The highest BCUT2D eigenvalue weighted by atomic mass is 32.2. The molecule has 6 aromatic carbocycles. The number of carbonyl (C=O) groups excluding carboxylic acids is 2. The van der Waals surface area contributed by atoms with Crippen LogP contribution in [0.4, 0.5) is 35.1 Å². The first-order chi connectivity index (χ1) is 56.6. The van der Waals surface area contributed by atoms with Gasteiger partial charge in [-0.05, 0) is 157 Å². The van der Waals surface area contributed by atoms with Crippen molar-refractivity contribution in [2.45, 2.75) is 127 Å². The molecule has 0 spiro atoms. The van der Waals surface area contributed by atoms with E-state index >= 15 is 4.79 Å². The molecule has 0 aliphatic heterocycles. The highest BCUT2D eigenvalue weighted by molar-refractivity contribution is 7.98. The van der Waals surface area contributed by atoms with Gasteiger partial charge < -0.3 is 28.7 Å². The van der Waals surface area contributed by atoms with E-state index in [0.29, 0.717) is 69.5 Å². The maximum Gasteiger partial charge on any atom is 0.416 e. The molecule has 0 radical (unpaired) electrons. The third kappa shape index (κ3) is 19.2. The Balaban J connectivity index is 0.000000293. The molecule has 0 N–H and O–H groups in total. The van der Waals surface area contributed by atoms with E-state index in [-0.39, 0.29) is 46.9 Å². The zero-order valence-corrected chi connectivity index (χ0v) is 52.9. The first-order valence-electron chi connectivity index (χ1n) is 43.4. The van der Waals surface area contributed by atoms with E-state index in [1.807, 2.05) is 0 Å². The van der Waals surface area contributed by atoms with E-state index in [1.165, 1.54) is 38.1 Å². The molecule has 2 aliphatic carbocycles. The summed E-state index contributed by atoms with van der Waals surface area (Å²) in [5, 5.41) is -1.08. The van der Waals surface area contributed by atoms with Crippen molar-refractivity contribution >= 4 is 35.3 Å². The van der Waals surface area contributed by atoms with Crippen molar-refractivity contribution in [2.24, 2.45) is 5.89 Å². The molecule has 2 aromatic heterocycles. The number of fused-ring (bicyclic) bond motifs is 2. The molecule has 2 amide bonds. The number of hydrogen-bond donors (Lipinski definition) is 0. The van der Waals surface area contributed by atoms with Crippen LogP contribution in [-0.2, 0) is 85.1 Å². The zero-order valence-electron chi connectivity index (χ0n) is 80.3. The molecule has 10 rings (SSSR count). The second kappa shape index (κ2) is 32.7. The monoisotopic (exact) mass is 1380 g/mol. The van der Waals surface area contributed by atoms with E-state index in [9.17, 15) is 55.0 Å². The fraction of sp³-hybridized carbons (Fsp3) is 0.370. The number of halogens is 8. The summed E-state index contributed by atoms with van der Waals surface area (Å²) in [5.74, 6) is -8.64. The second-order valence-corrected chi connectivity index (χ2v) is 22.6. The average molecular weight is 1380 g/mol. The lowest BCUT2D eigenvalue weighted by Gasteiger charge is -2.28. The molecule has 1 atom stereocenters. The van der Waals surface area contributed by atoms with Crippen molar-refractivity contribution in [1.29, 1.82) is 0 Å². The summed E-state index contributed by atoms with van der Waals surface area (Å²) in [7, 11) is 0. The molecule has 2 aliphatic rings. The van der Waals surface area contributed by atoms with Crippen LogP contribution in [-0.4, -0.2) is 103 Å². The molecule has 8 aromatic rings. The first kappa shape index (κ1) is 41.9. The van der Waals surface area contributed by atoms with Crippen molar-refractivity contribution in [3.63, 3.8) is 0 Å². The van der Waals surface area contributed by atoms with Crippen LogP contribution in [0.15, 0.2) is 165 Å². The standard InChI is InChI=1S/C37H40F4N4O2S.C36H38F4N4O2S/c1-4-43(5-2)18-19-44(22-26-6-10-28(11-7-26)29-12-14-30(15-13-29)37(39,40)41)34(46)23-45-33-21-25(3)20-32(33)35(47)42-36(45)48-24-27-8-16-31(38)17-9-27;1-3-42(4-2)20-21-43(22-25-8-12-27(13-9-25)28-14-16-29(17-15-28)36(38,39)40)33(45)23-44-32-7-5-6-31(32)34(46)41-35(44)47-24-26-10-18-30(37)19-11-26/h6-17,25H,4-5,18-24H2,1-3H3;8-19H,3-7,20-24H2,1-2H3/i4D2,5D2,6D,7D,8D,9D,10D,11D,12D,13D,14D,15D,16D,17D,20D2,21D2,23D2,25D;3D2,4D2,23D2. The van der Waals surface area contributed by atoms with E-state index in [4.69, 9.17) is 34.3 Å². The van der Waals surface area contributed by atoms with Crippen LogP contribution >= 0.6 is 23.5 Å². The number of rotatable bonds is 26. The normalized spacial score (nSPS) is 20.8. The molecule has 0 saturated heterocycles. The summed E-state index contributed by atoms with van der Waals surface area (Å²) in [6, 6.07) is 1.78. The van der Waals surface area contributed by atoms with Gasteiger partial charge >= 0.3 is 12.4 Å². The molecular formula is C73H78F8N8O4S2. The summed E-state index contributed by atoms with van der Waals surface area (Å²) in [4.78, 5) is 67.3. The number of amides is 2. The first-order valence-corrected chi connectivity index (χ1v) is 30.8. The van der Waals surface area contributed by atoms with Crippen molar-refractivity contribution in [1.82, 2.24) is 38.7 Å². The summed E-state index contributed by atoms with van der Waals surface area (Å²) >= 11 is 1.18. The van der Waals surface area contributed by atoms with Crippen LogP contribution in [0.5, 0.6) is 0 Å². The second-order valence-electron chi connectivity index (χ2n) is 20.7. The largest absolute Gasteiger partial charge is 0.416 e. The molecule has 2 heterocycles. The smallest absolute Gasteiger partial charge is 0.336 e. The van der Waals surface area contributed by atoms with Gasteiger partial charge in [-0.15, -0.1) is 0 Å². The maximum absolute atomic E-state index is 15.1. The average Bonchev–Trinajstić information content (AvgIpc) is 1.51. The highest BCUT2D eigenvalue weighted by Gasteiger charge is 2.33. The van der Waals surface area contributed by atoms with E-state index in [1.54, 1.807) is 36.4 Å². The van der Waals surface area contributed by atoms with Crippen LogP contribution in [0, 0.1) is 17.5 Å². The summed E-state index contributed by atoms with van der Waals surface area (Å²) in [5.41, 5.74) is -8.07. The summed E-state index contributed by atoms with van der Waals surface area (Å²) in [6.07, 6.45) is -15.4. The van der Waals surface area contributed by atoms with Gasteiger partial charge in [0.05, 0.1) is 33.1 Å². The van der Waals surface area contributed by atoms with Crippen molar-refractivity contribution < 1.29 is 84.5 Å². The van der Waals surface area contributed by atoms with Gasteiger partial charge in [0, 0.05) is 91.1 Å². The number of nitrogens with zero attached hydrogens (tertiary/aromatic N) is 8. The minimum atomic E-state index is -5.42. The predicted molar refractivity (Wildman–Crippen MR) is 358 cm³/mol. The number of benzene rings is 6. The zero-order chi connectivity index (χ0) is 93.7. The number of hydrogen-bond acceptors (Lipinski definition) is 10. The molecule has 0 saturated carbocycles. The van der Waals surface area contributed by atoms with Crippen molar-refractivity contribution in [3.8, 4) is 22.3 Å². The van der Waals surface area contributed by atoms with Gasteiger partial charge in [-0.2, -0.15) is 36.3 Å². The fourth-order valence-electron chi connectivity index (χ4n) is 9.46. The Kier molecular flexibility index (Phi) is 14.4. The van der Waals surface area contributed by atoms with Crippen LogP contribution in [0.1, 0.15) is 137 Å². The SMILES string of the molecule is [2H]C([2H])(C)N(CCN(Cc1ccc(-c2ccc(C(F)(F)F)cc2)cc1)C(=O)C([2H])([2H])n1c(SCc2ccc(F)cc2)nc(=O)c2c1CCC2)C([2H])([2H])C.[2H]c1c([2H])c(CSc2nc(=O)c3c(n2C([2H])([2H])C(=O)N(CCN(C([2H])([2H])C)C([2H])([2H])C)Cc2c([2H])c([2H])c(-c4c([2H])c([2H])c(C(F)(F)F)c([2H])c4[2H])c([2H])c2[2H])C([2H])([2H])C([2H])(C)C3([2H])[2H])c([2H])c([2H])c1F. The minimum absolute atomic E-state index is 0.0458.